The quantitative estimate of drug-likeness (QED) is 0.822. The van der Waals surface area contributed by atoms with E-state index in [9.17, 15) is 9.59 Å². The highest BCUT2D eigenvalue weighted by atomic mass is 16.2. The Morgan fingerprint density at radius 2 is 2.03 bits per heavy atom. The maximum Gasteiger partial charge on any atom is 0.228 e. The van der Waals surface area contributed by atoms with Gasteiger partial charge in [-0.15, -0.1) is 0 Å². The van der Waals surface area contributed by atoms with E-state index in [-0.39, 0.29) is 17.7 Å². The summed E-state index contributed by atoms with van der Waals surface area (Å²) in [5.74, 6) is 0.936. The topological polar surface area (TPSA) is 62.3 Å². The van der Waals surface area contributed by atoms with Crippen LogP contribution in [-0.2, 0) is 16.0 Å². The zero-order valence-corrected chi connectivity index (χ0v) is 17.2. The Morgan fingerprint density at radius 1 is 1.24 bits per heavy atom. The minimum atomic E-state index is -0.558. The lowest BCUT2D eigenvalue weighted by Crippen LogP contribution is -2.45. The number of likely N-dealkylation sites (tertiary alicyclic amines) is 1. The third-order valence-corrected chi connectivity index (χ3v) is 6.38. The van der Waals surface area contributed by atoms with Gasteiger partial charge in [0.25, 0.3) is 0 Å². The van der Waals surface area contributed by atoms with Crippen molar-refractivity contribution in [3.05, 3.63) is 54.4 Å². The Kier molecular flexibility index (Phi) is 5.39. The molecule has 2 aromatic rings. The minimum Gasteiger partial charge on any atom is -0.356 e. The van der Waals surface area contributed by atoms with E-state index >= 15 is 0 Å². The fraction of sp³-hybridized carbons (Fsp3) is 0.458. The van der Waals surface area contributed by atoms with E-state index in [0.717, 1.165) is 23.1 Å². The van der Waals surface area contributed by atoms with Gasteiger partial charge in [-0.2, -0.15) is 0 Å². The molecule has 152 valence electrons. The van der Waals surface area contributed by atoms with Crippen molar-refractivity contribution in [2.24, 2.45) is 17.3 Å². The summed E-state index contributed by atoms with van der Waals surface area (Å²) in [5.41, 5.74) is 2.72. The van der Waals surface area contributed by atoms with Crippen LogP contribution in [0.25, 0.3) is 11.1 Å². The number of benzene rings is 1. The van der Waals surface area contributed by atoms with Gasteiger partial charge in [-0.25, -0.2) is 0 Å². The molecule has 4 rings (SSSR count). The molecule has 0 spiro atoms. The first-order chi connectivity index (χ1) is 14.0. The van der Waals surface area contributed by atoms with E-state index in [1.807, 2.05) is 36.2 Å². The number of carbonyl (C=O) groups is 2. The first-order valence-electron chi connectivity index (χ1n) is 10.6. The van der Waals surface area contributed by atoms with Crippen LogP contribution in [0, 0.1) is 17.3 Å². The highest BCUT2D eigenvalue weighted by molar-refractivity contribution is 5.87. The smallest absolute Gasteiger partial charge is 0.228 e. The number of nitrogens with one attached hydrogen (secondary N) is 1. The lowest BCUT2D eigenvalue weighted by Gasteiger charge is -2.28. The highest BCUT2D eigenvalue weighted by Gasteiger charge is 2.49. The zero-order valence-electron chi connectivity index (χ0n) is 17.2. The highest BCUT2D eigenvalue weighted by Crippen LogP contribution is 2.42. The van der Waals surface area contributed by atoms with Crippen LogP contribution in [0.1, 0.15) is 32.3 Å². The molecule has 29 heavy (non-hydrogen) atoms. The van der Waals surface area contributed by atoms with Gasteiger partial charge in [0.2, 0.25) is 11.8 Å². The fourth-order valence-corrected chi connectivity index (χ4v) is 4.50. The third-order valence-electron chi connectivity index (χ3n) is 6.38. The zero-order chi connectivity index (χ0) is 20.4. The molecule has 1 aliphatic heterocycles. The number of amides is 2. The molecule has 1 N–H and O–H groups in total. The Morgan fingerprint density at radius 3 is 2.72 bits per heavy atom. The number of nitrogens with zero attached hydrogens (tertiary/aromatic N) is 2. The molecular formula is C24H29N3O2. The summed E-state index contributed by atoms with van der Waals surface area (Å²) in [7, 11) is 0. The molecule has 1 aliphatic carbocycles. The molecule has 3 unspecified atom stereocenters. The van der Waals surface area contributed by atoms with Gasteiger partial charge < -0.3 is 10.2 Å². The number of rotatable bonds is 6. The summed E-state index contributed by atoms with van der Waals surface area (Å²) >= 11 is 0. The van der Waals surface area contributed by atoms with E-state index in [2.05, 4.69) is 35.4 Å². The second kappa shape index (κ2) is 7.97. The van der Waals surface area contributed by atoms with Crippen molar-refractivity contribution in [2.45, 2.75) is 33.1 Å². The maximum atomic E-state index is 13.1. The van der Waals surface area contributed by atoms with Gasteiger partial charge in [0, 0.05) is 37.9 Å². The SMILES string of the molecule is CCNC(=O)C1(Cc2cccc(-c3cccnc3)c2)CCN(C(=O)C2CC2C)C1. The van der Waals surface area contributed by atoms with Gasteiger partial charge >= 0.3 is 0 Å². The second-order valence-corrected chi connectivity index (χ2v) is 8.59. The average Bonchev–Trinajstić information content (AvgIpc) is 3.31. The van der Waals surface area contributed by atoms with Gasteiger partial charge in [0.05, 0.1) is 5.41 Å². The van der Waals surface area contributed by atoms with E-state index in [4.69, 9.17) is 0 Å². The van der Waals surface area contributed by atoms with Gasteiger partial charge in [-0.05, 0) is 54.9 Å². The molecule has 1 saturated carbocycles. The van der Waals surface area contributed by atoms with Gasteiger partial charge in [-0.1, -0.05) is 37.3 Å². The number of aromatic nitrogens is 1. The number of carbonyl (C=O) groups excluding carboxylic acids is 2. The number of pyridine rings is 1. The summed E-state index contributed by atoms with van der Waals surface area (Å²) in [5, 5.41) is 3.02. The maximum absolute atomic E-state index is 13.1. The van der Waals surface area contributed by atoms with Crippen molar-refractivity contribution in [3.8, 4) is 11.1 Å². The van der Waals surface area contributed by atoms with E-state index in [1.54, 1.807) is 6.20 Å². The summed E-state index contributed by atoms with van der Waals surface area (Å²) in [4.78, 5) is 32.0. The van der Waals surface area contributed by atoms with Crippen LogP contribution in [0.4, 0.5) is 0 Å². The molecule has 1 saturated heterocycles. The Hall–Kier alpha value is -2.69. The monoisotopic (exact) mass is 391 g/mol. The van der Waals surface area contributed by atoms with Crippen molar-refractivity contribution in [1.29, 1.82) is 0 Å². The van der Waals surface area contributed by atoms with Crippen molar-refractivity contribution in [1.82, 2.24) is 15.2 Å². The van der Waals surface area contributed by atoms with Crippen LogP contribution in [0.2, 0.25) is 0 Å². The number of hydrogen-bond acceptors (Lipinski definition) is 3. The van der Waals surface area contributed by atoms with Gasteiger partial charge in [0.15, 0.2) is 0 Å². The van der Waals surface area contributed by atoms with Crippen LogP contribution in [0.5, 0.6) is 0 Å². The summed E-state index contributed by atoms with van der Waals surface area (Å²) < 4.78 is 0. The Labute approximate surface area is 172 Å². The lowest BCUT2D eigenvalue weighted by atomic mass is 9.79. The molecule has 1 aromatic carbocycles. The van der Waals surface area contributed by atoms with Crippen LogP contribution >= 0.6 is 0 Å². The third kappa shape index (κ3) is 4.04. The first kappa shape index (κ1) is 19.6. The summed E-state index contributed by atoms with van der Waals surface area (Å²) in [6.07, 6.45) is 5.95. The molecule has 5 heteroatoms. The molecule has 2 amide bonds. The molecule has 5 nitrogen and oxygen atoms in total. The van der Waals surface area contributed by atoms with Crippen LogP contribution in [-0.4, -0.2) is 41.3 Å². The standard InChI is InChI=1S/C24H29N3O2/c1-3-26-23(29)24(9-11-27(16-24)22(28)21-12-17(21)2)14-18-6-4-7-19(13-18)20-8-5-10-25-15-20/h4-8,10,13,15,17,21H,3,9,11-12,14,16H2,1-2H3,(H,26,29). The lowest BCUT2D eigenvalue weighted by molar-refractivity contribution is -0.134. The Balaban J connectivity index is 1.57. The minimum absolute atomic E-state index is 0.0610. The molecule has 1 aromatic heterocycles. The predicted octanol–water partition coefficient (Wildman–Crippen LogP) is 3.30. The molecule has 0 bridgehead atoms. The molecular weight excluding hydrogens is 362 g/mol. The van der Waals surface area contributed by atoms with E-state index < -0.39 is 5.41 Å². The molecule has 2 heterocycles. The van der Waals surface area contributed by atoms with Crippen molar-refractivity contribution in [2.75, 3.05) is 19.6 Å². The fourth-order valence-electron chi connectivity index (χ4n) is 4.50. The largest absolute Gasteiger partial charge is 0.356 e. The van der Waals surface area contributed by atoms with Crippen molar-refractivity contribution in [3.63, 3.8) is 0 Å². The van der Waals surface area contributed by atoms with Crippen LogP contribution in [0.15, 0.2) is 48.8 Å². The van der Waals surface area contributed by atoms with Crippen LogP contribution in [0.3, 0.4) is 0 Å². The van der Waals surface area contributed by atoms with Crippen molar-refractivity contribution < 1.29 is 9.59 Å². The van der Waals surface area contributed by atoms with Gasteiger partial charge in [0.1, 0.15) is 0 Å². The Bertz CT molecular complexity index is 898. The van der Waals surface area contributed by atoms with Crippen molar-refractivity contribution >= 4 is 11.8 Å². The van der Waals surface area contributed by atoms with Gasteiger partial charge in [-0.3, -0.25) is 14.6 Å². The van der Waals surface area contributed by atoms with E-state index in [0.29, 0.717) is 38.4 Å². The second-order valence-electron chi connectivity index (χ2n) is 8.59. The molecule has 2 fully saturated rings. The average molecular weight is 392 g/mol. The molecule has 3 atom stereocenters. The predicted molar refractivity (Wildman–Crippen MR) is 113 cm³/mol. The molecule has 2 aliphatic rings. The van der Waals surface area contributed by atoms with E-state index in [1.165, 1.54) is 0 Å². The van der Waals surface area contributed by atoms with Crippen LogP contribution < -0.4 is 5.32 Å². The summed E-state index contributed by atoms with van der Waals surface area (Å²) in [6, 6.07) is 12.3. The normalized spacial score (nSPS) is 25.7. The molecule has 0 radical (unpaired) electrons. The number of hydrogen-bond donors (Lipinski definition) is 1. The summed E-state index contributed by atoms with van der Waals surface area (Å²) in [6.45, 7) is 5.85. The first-order valence-corrected chi connectivity index (χ1v) is 10.6.